The average Bonchev–Trinajstić information content (AvgIpc) is 2.45. The predicted octanol–water partition coefficient (Wildman–Crippen LogP) is 1.21. The van der Waals surface area contributed by atoms with Gasteiger partial charge in [-0.05, 0) is 13.3 Å². The topological polar surface area (TPSA) is 75.3 Å². The number of carbonyl (C=O) groups excluding carboxylic acids is 3. The number of nitrogens with one attached hydrogen (secondary N) is 2. The molecule has 2 N–H and O–H groups in total. The van der Waals surface area contributed by atoms with E-state index in [0.717, 1.165) is 5.56 Å². The van der Waals surface area contributed by atoms with Crippen molar-refractivity contribution in [1.82, 2.24) is 10.6 Å². The summed E-state index contributed by atoms with van der Waals surface area (Å²) in [7, 11) is 0. The lowest BCUT2D eigenvalue weighted by Gasteiger charge is -2.05. The Kier molecular flexibility index (Phi) is 7.03. The van der Waals surface area contributed by atoms with Crippen molar-refractivity contribution in [2.24, 2.45) is 0 Å². The third kappa shape index (κ3) is 6.13. The van der Waals surface area contributed by atoms with Gasteiger partial charge >= 0.3 is 0 Å². The summed E-state index contributed by atoms with van der Waals surface area (Å²) < 4.78 is 0. The highest BCUT2D eigenvalue weighted by Crippen LogP contribution is 2.07. The Morgan fingerprint density at radius 1 is 1.10 bits per heavy atom. The monoisotopic (exact) mass is 276 g/mol. The fraction of sp³-hybridized carbons (Fsp3) is 0.400. The third-order valence-electron chi connectivity index (χ3n) is 2.86. The lowest BCUT2D eigenvalue weighted by atomic mass is 10.1. The van der Waals surface area contributed by atoms with Gasteiger partial charge in [-0.15, -0.1) is 0 Å². The van der Waals surface area contributed by atoms with Crippen LogP contribution in [0.1, 0.15) is 35.2 Å². The molecule has 0 saturated heterocycles. The zero-order valence-electron chi connectivity index (χ0n) is 11.6. The number of hydrogen-bond acceptors (Lipinski definition) is 3. The van der Waals surface area contributed by atoms with Gasteiger partial charge in [0.2, 0.25) is 12.3 Å². The van der Waals surface area contributed by atoms with Crippen molar-refractivity contribution in [2.45, 2.75) is 26.2 Å². The molecule has 5 heteroatoms. The molecular formula is C15H20N2O3. The standard InChI is InChI=1S/C15H20N2O3/c1-12-3-5-13(6-4-12)14(19)7-8-15(20)17-10-2-9-16-11-18/h3-6,11H,2,7-10H2,1H3,(H,16,18)(H,17,20). The number of rotatable bonds is 9. The van der Waals surface area contributed by atoms with E-state index in [2.05, 4.69) is 10.6 Å². The molecule has 0 aliphatic carbocycles. The lowest BCUT2D eigenvalue weighted by Crippen LogP contribution is -2.27. The van der Waals surface area contributed by atoms with E-state index in [1.54, 1.807) is 12.1 Å². The van der Waals surface area contributed by atoms with Gasteiger partial charge in [-0.3, -0.25) is 14.4 Å². The van der Waals surface area contributed by atoms with Crippen molar-refractivity contribution in [3.8, 4) is 0 Å². The van der Waals surface area contributed by atoms with Crippen molar-refractivity contribution in [3.63, 3.8) is 0 Å². The molecule has 108 valence electrons. The summed E-state index contributed by atoms with van der Waals surface area (Å²) in [6.07, 6.45) is 1.70. The van der Waals surface area contributed by atoms with E-state index >= 15 is 0 Å². The summed E-state index contributed by atoms with van der Waals surface area (Å²) in [5.74, 6) is -0.167. The summed E-state index contributed by atoms with van der Waals surface area (Å²) in [5, 5.41) is 5.22. The molecule has 2 amide bonds. The number of Topliss-reactive ketones (excluding diaryl/α,β-unsaturated/α-hetero) is 1. The van der Waals surface area contributed by atoms with E-state index in [1.807, 2.05) is 19.1 Å². The van der Waals surface area contributed by atoms with Crippen LogP contribution in [0.15, 0.2) is 24.3 Å². The molecule has 0 atom stereocenters. The SMILES string of the molecule is Cc1ccc(C(=O)CCC(=O)NCCCNC=O)cc1. The number of ketones is 1. The maximum atomic E-state index is 11.8. The molecule has 0 saturated carbocycles. The Balaban J connectivity index is 2.21. The minimum absolute atomic E-state index is 0.0252. The van der Waals surface area contributed by atoms with E-state index in [1.165, 1.54) is 0 Å². The zero-order valence-corrected chi connectivity index (χ0v) is 11.6. The van der Waals surface area contributed by atoms with E-state index < -0.39 is 0 Å². The molecule has 0 bridgehead atoms. The highest BCUT2D eigenvalue weighted by Gasteiger charge is 2.08. The largest absolute Gasteiger partial charge is 0.359 e. The fourth-order valence-corrected chi connectivity index (χ4v) is 1.68. The molecule has 0 fully saturated rings. The second-order valence-electron chi connectivity index (χ2n) is 4.56. The van der Waals surface area contributed by atoms with Crippen molar-refractivity contribution in [3.05, 3.63) is 35.4 Å². The normalized spacial score (nSPS) is 9.85. The van der Waals surface area contributed by atoms with E-state index in [9.17, 15) is 14.4 Å². The first kappa shape index (κ1) is 15.9. The Morgan fingerprint density at radius 2 is 1.80 bits per heavy atom. The van der Waals surface area contributed by atoms with Crippen LogP contribution in [-0.2, 0) is 9.59 Å². The van der Waals surface area contributed by atoms with Gasteiger partial charge in [0.05, 0.1) is 0 Å². The highest BCUT2D eigenvalue weighted by atomic mass is 16.2. The summed E-state index contributed by atoms with van der Waals surface area (Å²) in [4.78, 5) is 33.4. The maximum Gasteiger partial charge on any atom is 0.220 e. The van der Waals surface area contributed by atoms with Gasteiger partial charge in [-0.1, -0.05) is 29.8 Å². The van der Waals surface area contributed by atoms with Crippen LogP contribution >= 0.6 is 0 Å². The second kappa shape index (κ2) is 8.85. The fourth-order valence-electron chi connectivity index (χ4n) is 1.68. The van der Waals surface area contributed by atoms with Crippen LogP contribution in [-0.4, -0.2) is 31.2 Å². The van der Waals surface area contributed by atoms with Gasteiger partial charge in [0.1, 0.15) is 0 Å². The van der Waals surface area contributed by atoms with E-state index in [-0.39, 0.29) is 24.5 Å². The number of carbonyl (C=O) groups is 3. The molecule has 0 heterocycles. The van der Waals surface area contributed by atoms with E-state index in [4.69, 9.17) is 0 Å². The molecule has 1 aromatic carbocycles. The van der Waals surface area contributed by atoms with Crippen LogP contribution in [0.2, 0.25) is 0 Å². The first-order valence-electron chi connectivity index (χ1n) is 6.67. The van der Waals surface area contributed by atoms with Crippen LogP contribution in [0.5, 0.6) is 0 Å². The van der Waals surface area contributed by atoms with Gasteiger partial charge in [0.25, 0.3) is 0 Å². The van der Waals surface area contributed by atoms with Crippen molar-refractivity contribution >= 4 is 18.1 Å². The summed E-state index contributed by atoms with van der Waals surface area (Å²) in [6.45, 7) is 2.99. The first-order valence-corrected chi connectivity index (χ1v) is 6.67. The third-order valence-corrected chi connectivity index (χ3v) is 2.86. The Labute approximate surface area is 118 Å². The van der Waals surface area contributed by atoms with Crippen LogP contribution in [0.3, 0.4) is 0 Å². The molecular weight excluding hydrogens is 256 g/mol. The summed E-state index contributed by atoms with van der Waals surface area (Å²) >= 11 is 0. The summed E-state index contributed by atoms with van der Waals surface area (Å²) in [6, 6.07) is 7.32. The zero-order chi connectivity index (χ0) is 14.8. The number of amides is 2. The van der Waals surface area contributed by atoms with Crippen LogP contribution in [0.25, 0.3) is 0 Å². The van der Waals surface area contributed by atoms with Crippen LogP contribution < -0.4 is 10.6 Å². The number of aryl methyl sites for hydroxylation is 1. The lowest BCUT2D eigenvalue weighted by molar-refractivity contribution is -0.121. The Morgan fingerprint density at radius 3 is 2.45 bits per heavy atom. The number of benzene rings is 1. The van der Waals surface area contributed by atoms with Crippen LogP contribution in [0.4, 0.5) is 0 Å². The van der Waals surface area contributed by atoms with Gasteiger partial charge in [0, 0.05) is 31.5 Å². The van der Waals surface area contributed by atoms with E-state index in [0.29, 0.717) is 31.5 Å². The quantitative estimate of drug-likeness (QED) is 0.404. The first-order chi connectivity index (χ1) is 9.63. The minimum Gasteiger partial charge on any atom is -0.359 e. The highest BCUT2D eigenvalue weighted by molar-refractivity contribution is 5.97. The van der Waals surface area contributed by atoms with Crippen molar-refractivity contribution in [1.29, 1.82) is 0 Å². The van der Waals surface area contributed by atoms with Gasteiger partial charge in [-0.25, -0.2) is 0 Å². The molecule has 0 aliphatic heterocycles. The molecule has 0 radical (unpaired) electrons. The second-order valence-corrected chi connectivity index (χ2v) is 4.56. The van der Waals surface area contributed by atoms with Crippen LogP contribution in [0, 0.1) is 6.92 Å². The number of hydrogen-bond donors (Lipinski definition) is 2. The van der Waals surface area contributed by atoms with Gasteiger partial charge in [0.15, 0.2) is 5.78 Å². The Bertz CT molecular complexity index is 455. The Hall–Kier alpha value is -2.17. The molecule has 5 nitrogen and oxygen atoms in total. The molecule has 20 heavy (non-hydrogen) atoms. The molecule has 0 aliphatic rings. The molecule has 1 aromatic rings. The summed E-state index contributed by atoms with van der Waals surface area (Å²) in [5.41, 5.74) is 1.74. The molecule has 0 unspecified atom stereocenters. The van der Waals surface area contributed by atoms with Gasteiger partial charge in [-0.2, -0.15) is 0 Å². The predicted molar refractivity (Wildman–Crippen MR) is 76.4 cm³/mol. The molecule has 0 aromatic heterocycles. The van der Waals surface area contributed by atoms with Gasteiger partial charge < -0.3 is 10.6 Å². The maximum absolute atomic E-state index is 11.8. The average molecular weight is 276 g/mol. The van der Waals surface area contributed by atoms with Crippen molar-refractivity contribution in [2.75, 3.05) is 13.1 Å². The molecule has 0 spiro atoms. The minimum atomic E-state index is -0.142. The molecule has 1 rings (SSSR count). The van der Waals surface area contributed by atoms with Crippen molar-refractivity contribution < 1.29 is 14.4 Å². The smallest absolute Gasteiger partial charge is 0.220 e.